The first-order chi connectivity index (χ1) is 9.95. The first-order valence-electron chi connectivity index (χ1n) is 7.32. The zero-order valence-corrected chi connectivity index (χ0v) is 12.5. The van der Waals surface area contributed by atoms with Gasteiger partial charge >= 0.3 is 5.97 Å². The second-order valence-corrected chi connectivity index (χ2v) is 5.78. The Kier molecular flexibility index (Phi) is 4.96. The van der Waals surface area contributed by atoms with Crippen molar-refractivity contribution >= 4 is 17.6 Å². The number of ether oxygens (including phenoxy) is 1. The van der Waals surface area contributed by atoms with E-state index in [2.05, 4.69) is 5.32 Å². The number of carbonyl (C=O) groups excluding carboxylic acids is 2. The molecular formula is C16H22N2O3. The van der Waals surface area contributed by atoms with Gasteiger partial charge in [0.05, 0.1) is 11.7 Å². The van der Waals surface area contributed by atoms with Gasteiger partial charge in [0.25, 0.3) is 0 Å². The molecule has 1 fully saturated rings. The zero-order chi connectivity index (χ0) is 15.4. The summed E-state index contributed by atoms with van der Waals surface area (Å²) in [5.41, 5.74) is 7.05. The van der Waals surface area contributed by atoms with Crippen molar-refractivity contribution in [1.82, 2.24) is 0 Å². The van der Waals surface area contributed by atoms with E-state index in [4.69, 9.17) is 10.5 Å². The van der Waals surface area contributed by atoms with E-state index in [1.807, 2.05) is 0 Å². The summed E-state index contributed by atoms with van der Waals surface area (Å²) in [6.45, 7) is 3.60. The van der Waals surface area contributed by atoms with Crippen LogP contribution in [0.2, 0.25) is 0 Å². The molecule has 1 aliphatic carbocycles. The summed E-state index contributed by atoms with van der Waals surface area (Å²) in [6.07, 6.45) is 2.44. The van der Waals surface area contributed by atoms with Crippen molar-refractivity contribution in [2.75, 3.05) is 5.32 Å². The third kappa shape index (κ3) is 4.86. The van der Waals surface area contributed by atoms with Gasteiger partial charge in [0.1, 0.15) is 0 Å². The van der Waals surface area contributed by atoms with Crippen molar-refractivity contribution in [3.8, 4) is 0 Å². The molecular weight excluding hydrogens is 268 g/mol. The number of nitrogens with two attached hydrogens (primary N) is 1. The van der Waals surface area contributed by atoms with Crippen molar-refractivity contribution in [2.45, 2.75) is 45.3 Å². The van der Waals surface area contributed by atoms with Gasteiger partial charge in [-0.15, -0.1) is 0 Å². The Morgan fingerprint density at radius 1 is 1.29 bits per heavy atom. The molecule has 5 nitrogen and oxygen atoms in total. The number of hydrogen-bond donors (Lipinski definition) is 2. The molecule has 1 saturated carbocycles. The number of benzene rings is 1. The lowest BCUT2D eigenvalue weighted by Crippen LogP contribution is -2.28. The summed E-state index contributed by atoms with van der Waals surface area (Å²) < 4.78 is 5.10. The number of nitrogens with one attached hydrogen (secondary N) is 1. The van der Waals surface area contributed by atoms with Crippen LogP contribution in [0.1, 0.15) is 43.5 Å². The normalized spacial score (nSPS) is 15.6. The summed E-state index contributed by atoms with van der Waals surface area (Å²) >= 11 is 0. The molecule has 1 aliphatic rings. The van der Waals surface area contributed by atoms with Gasteiger partial charge < -0.3 is 15.8 Å². The number of anilines is 1. The molecule has 1 amide bonds. The van der Waals surface area contributed by atoms with E-state index < -0.39 is 0 Å². The van der Waals surface area contributed by atoms with E-state index in [1.54, 1.807) is 38.1 Å². The van der Waals surface area contributed by atoms with E-state index in [1.165, 1.54) is 0 Å². The fourth-order valence-corrected chi connectivity index (χ4v) is 2.09. The van der Waals surface area contributed by atoms with Crippen LogP contribution in [0, 0.1) is 5.92 Å². The van der Waals surface area contributed by atoms with Gasteiger partial charge in [-0.1, -0.05) is 0 Å². The smallest absolute Gasteiger partial charge is 0.338 e. The number of amides is 1. The molecule has 0 aliphatic heterocycles. The molecule has 0 spiro atoms. The predicted octanol–water partition coefficient (Wildman–Crippen LogP) is 2.32. The lowest BCUT2D eigenvalue weighted by Gasteiger charge is -2.11. The van der Waals surface area contributed by atoms with Crippen LogP contribution in [-0.4, -0.2) is 24.0 Å². The van der Waals surface area contributed by atoms with Crippen LogP contribution in [0.3, 0.4) is 0 Å². The second-order valence-electron chi connectivity index (χ2n) is 5.78. The lowest BCUT2D eigenvalue weighted by molar-refractivity contribution is -0.116. The fraction of sp³-hybridized carbons (Fsp3) is 0.500. The van der Waals surface area contributed by atoms with Crippen LogP contribution < -0.4 is 11.1 Å². The van der Waals surface area contributed by atoms with Gasteiger partial charge in [0, 0.05) is 18.2 Å². The third-order valence-electron chi connectivity index (χ3n) is 3.40. The zero-order valence-electron chi connectivity index (χ0n) is 12.5. The van der Waals surface area contributed by atoms with Gasteiger partial charge in [-0.05, 0) is 56.9 Å². The average molecular weight is 290 g/mol. The van der Waals surface area contributed by atoms with E-state index in [-0.39, 0.29) is 24.0 Å². The Hall–Kier alpha value is -1.88. The number of rotatable bonds is 6. The van der Waals surface area contributed by atoms with Crippen molar-refractivity contribution in [3.63, 3.8) is 0 Å². The molecule has 5 heteroatoms. The van der Waals surface area contributed by atoms with Crippen LogP contribution in [0.5, 0.6) is 0 Å². The largest absolute Gasteiger partial charge is 0.459 e. The highest BCUT2D eigenvalue weighted by Gasteiger charge is 2.29. The average Bonchev–Trinajstić information content (AvgIpc) is 3.22. The SMILES string of the molecule is CC(C)OC(=O)c1ccc(NC(=O)CC(N)C2CC2)cc1. The molecule has 3 N–H and O–H groups in total. The van der Waals surface area contributed by atoms with Crippen molar-refractivity contribution in [3.05, 3.63) is 29.8 Å². The molecule has 21 heavy (non-hydrogen) atoms. The monoisotopic (exact) mass is 290 g/mol. The molecule has 1 atom stereocenters. The summed E-state index contributed by atoms with van der Waals surface area (Å²) in [5, 5.41) is 2.79. The quantitative estimate of drug-likeness (QED) is 0.788. The first kappa shape index (κ1) is 15.5. The topological polar surface area (TPSA) is 81.4 Å². The van der Waals surface area contributed by atoms with Crippen LogP contribution in [0.4, 0.5) is 5.69 Å². The van der Waals surface area contributed by atoms with Gasteiger partial charge in [0.2, 0.25) is 5.91 Å². The molecule has 0 radical (unpaired) electrons. The Morgan fingerprint density at radius 3 is 2.43 bits per heavy atom. The maximum absolute atomic E-state index is 11.8. The summed E-state index contributed by atoms with van der Waals surface area (Å²) in [7, 11) is 0. The Bertz CT molecular complexity index is 507. The predicted molar refractivity (Wildman–Crippen MR) is 80.9 cm³/mol. The summed E-state index contributed by atoms with van der Waals surface area (Å²) in [5.74, 6) is 0.0504. The molecule has 0 bridgehead atoms. The Labute approximate surface area is 124 Å². The Balaban J connectivity index is 1.86. The van der Waals surface area contributed by atoms with Crippen LogP contribution in [0.15, 0.2) is 24.3 Å². The molecule has 2 rings (SSSR count). The second kappa shape index (κ2) is 6.72. The molecule has 1 aromatic carbocycles. The van der Waals surface area contributed by atoms with Gasteiger partial charge in [-0.2, -0.15) is 0 Å². The molecule has 0 heterocycles. The highest BCUT2D eigenvalue weighted by molar-refractivity contribution is 5.93. The summed E-state index contributed by atoms with van der Waals surface area (Å²) in [4.78, 5) is 23.5. The van der Waals surface area contributed by atoms with E-state index in [0.29, 0.717) is 23.6 Å². The van der Waals surface area contributed by atoms with E-state index in [9.17, 15) is 9.59 Å². The van der Waals surface area contributed by atoms with Crippen molar-refractivity contribution in [2.24, 2.45) is 11.7 Å². The number of esters is 1. The third-order valence-corrected chi connectivity index (χ3v) is 3.40. The molecule has 0 saturated heterocycles. The minimum absolute atomic E-state index is 0.0507. The van der Waals surface area contributed by atoms with Crippen LogP contribution in [-0.2, 0) is 9.53 Å². The van der Waals surface area contributed by atoms with Gasteiger partial charge in [-0.25, -0.2) is 4.79 Å². The molecule has 0 aromatic heterocycles. The maximum Gasteiger partial charge on any atom is 0.338 e. The first-order valence-corrected chi connectivity index (χ1v) is 7.32. The highest BCUT2D eigenvalue weighted by Crippen LogP contribution is 2.32. The number of hydrogen-bond acceptors (Lipinski definition) is 4. The van der Waals surface area contributed by atoms with Gasteiger partial charge in [0.15, 0.2) is 0 Å². The molecule has 114 valence electrons. The van der Waals surface area contributed by atoms with E-state index in [0.717, 1.165) is 12.8 Å². The van der Waals surface area contributed by atoms with E-state index >= 15 is 0 Å². The molecule has 1 aromatic rings. The van der Waals surface area contributed by atoms with Crippen molar-refractivity contribution < 1.29 is 14.3 Å². The summed E-state index contributed by atoms with van der Waals surface area (Å²) in [6, 6.07) is 6.61. The number of carbonyl (C=O) groups is 2. The minimum atomic E-state index is -0.362. The standard InChI is InChI=1S/C16H22N2O3/c1-10(2)21-16(20)12-5-7-13(8-6-12)18-15(19)9-14(17)11-3-4-11/h5-8,10-11,14H,3-4,9,17H2,1-2H3,(H,18,19). The van der Waals surface area contributed by atoms with Crippen LogP contribution >= 0.6 is 0 Å². The lowest BCUT2D eigenvalue weighted by atomic mass is 10.1. The van der Waals surface area contributed by atoms with Gasteiger partial charge in [-0.3, -0.25) is 4.79 Å². The molecule has 1 unspecified atom stereocenters. The fourth-order valence-electron chi connectivity index (χ4n) is 2.09. The van der Waals surface area contributed by atoms with Crippen molar-refractivity contribution in [1.29, 1.82) is 0 Å². The highest BCUT2D eigenvalue weighted by atomic mass is 16.5. The van der Waals surface area contributed by atoms with Crippen LogP contribution in [0.25, 0.3) is 0 Å². The minimum Gasteiger partial charge on any atom is -0.459 e. The Morgan fingerprint density at radius 2 is 1.90 bits per heavy atom. The maximum atomic E-state index is 11.8.